The Morgan fingerprint density at radius 1 is 1.73 bits per heavy atom. The Labute approximate surface area is 63.3 Å². The van der Waals surface area contributed by atoms with Gasteiger partial charge in [-0.05, 0) is 0 Å². The quantitative estimate of drug-likeness (QED) is 0.647. The SMILES string of the molecule is N#CCc1ncc(F)cc1N. The molecule has 0 atom stereocenters. The van der Waals surface area contributed by atoms with Crippen molar-refractivity contribution in [2.45, 2.75) is 6.42 Å². The smallest absolute Gasteiger partial charge is 0.143 e. The average molecular weight is 151 g/mol. The molecule has 1 heterocycles. The molecule has 1 aromatic heterocycles. The number of anilines is 1. The molecule has 56 valence electrons. The summed E-state index contributed by atoms with van der Waals surface area (Å²) in [6.07, 6.45) is 1.16. The van der Waals surface area contributed by atoms with Gasteiger partial charge in [0, 0.05) is 6.07 Å². The molecule has 0 saturated heterocycles. The summed E-state index contributed by atoms with van der Waals surface area (Å²) in [7, 11) is 0. The van der Waals surface area contributed by atoms with E-state index in [0.717, 1.165) is 12.3 Å². The standard InChI is InChI=1S/C7H6FN3/c8-5-3-6(10)7(1-2-9)11-4-5/h3-4H,1,10H2. The lowest BCUT2D eigenvalue weighted by molar-refractivity contribution is 0.621. The van der Waals surface area contributed by atoms with Crippen molar-refractivity contribution >= 4 is 5.69 Å². The van der Waals surface area contributed by atoms with Crippen molar-refractivity contribution in [1.29, 1.82) is 5.26 Å². The van der Waals surface area contributed by atoms with Crippen LogP contribution in [0.1, 0.15) is 5.69 Å². The van der Waals surface area contributed by atoms with E-state index in [1.165, 1.54) is 0 Å². The van der Waals surface area contributed by atoms with Gasteiger partial charge >= 0.3 is 0 Å². The maximum atomic E-state index is 12.4. The normalized spacial score (nSPS) is 9.09. The Morgan fingerprint density at radius 2 is 2.45 bits per heavy atom. The first-order valence-electron chi connectivity index (χ1n) is 3.01. The molecule has 0 unspecified atom stereocenters. The van der Waals surface area contributed by atoms with Crippen molar-refractivity contribution in [2.75, 3.05) is 5.73 Å². The van der Waals surface area contributed by atoms with E-state index in [1.54, 1.807) is 0 Å². The Kier molecular flexibility index (Phi) is 2.02. The van der Waals surface area contributed by atoms with Gasteiger partial charge in [-0.3, -0.25) is 4.98 Å². The van der Waals surface area contributed by atoms with E-state index in [2.05, 4.69) is 4.98 Å². The van der Waals surface area contributed by atoms with Crippen molar-refractivity contribution in [3.05, 3.63) is 23.8 Å². The second-order valence-corrected chi connectivity index (χ2v) is 2.02. The Balaban J connectivity index is 3.01. The number of nitrogens with two attached hydrogens (primary N) is 1. The van der Waals surface area contributed by atoms with Gasteiger partial charge in [0.15, 0.2) is 0 Å². The van der Waals surface area contributed by atoms with Gasteiger partial charge < -0.3 is 5.73 Å². The predicted octanol–water partition coefficient (Wildman–Crippen LogP) is 0.869. The summed E-state index contributed by atoms with van der Waals surface area (Å²) in [5.41, 5.74) is 6.01. The van der Waals surface area contributed by atoms with E-state index in [9.17, 15) is 4.39 Å². The molecule has 0 saturated carbocycles. The van der Waals surface area contributed by atoms with E-state index >= 15 is 0 Å². The van der Waals surface area contributed by atoms with Crippen LogP contribution in [0.25, 0.3) is 0 Å². The Morgan fingerprint density at radius 3 is 3.00 bits per heavy atom. The lowest BCUT2D eigenvalue weighted by atomic mass is 10.2. The number of nitriles is 1. The van der Waals surface area contributed by atoms with Crippen LogP contribution in [0.5, 0.6) is 0 Å². The zero-order valence-corrected chi connectivity index (χ0v) is 5.71. The van der Waals surface area contributed by atoms with Gasteiger partial charge in [0.1, 0.15) is 5.82 Å². The van der Waals surface area contributed by atoms with Crippen molar-refractivity contribution in [1.82, 2.24) is 4.98 Å². The second-order valence-electron chi connectivity index (χ2n) is 2.02. The molecule has 4 heteroatoms. The molecule has 0 radical (unpaired) electrons. The number of halogens is 1. The first-order chi connectivity index (χ1) is 5.24. The molecule has 0 aromatic carbocycles. The molecule has 0 bridgehead atoms. The molecule has 0 spiro atoms. The second kappa shape index (κ2) is 2.97. The lowest BCUT2D eigenvalue weighted by Gasteiger charge is -1.97. The number of aromatic nitrogens is 1. The molecule has 0 aliphatic heterocycles. The molecule has 1 rings (SSSR count). The van der Waals surface area contributed by atoms with Gasteiger partial charge in [-0.1, -0.05) is 0 Å². The monoisotopic (exact) mass is 151 g/mol. The number of hydrogen-bond acceptors (Lipinski definition) is 3. The molecular formula is C7H6FN3. The van der Waals surface area contributed by atoms with Gasteiger partial charge in [-0.2, -0.15) is 5.26 Å². The Bertz CT molecular complexity index is 303. The van der Waals surface area contributed by atoms with E-state index in [0.29, 0.717) is 5.69 Å². The molecular weight excluding hydrogens is 145 g/mol. The highest BCUT2D eigenvalue weighted by atomic mass is 19.1. The minimum atomic E-state index is -0.482. The highest BCUT2D eigenvalue weighted by Crippen LogP contribution is 2.09. The minimum Gasteiger partial charge on any atom is -0.397 e. The van der Waals surface area contributed by atoms with Crippen LogP contribution < -0.4 is 5.73 Å². The van der Waals surface area contributed by atoms with E-state index < -0.39 is 5.82 Å². The summed E-state index contributed by atoms with van der Waals surface area (Å²) < 4.78 is 12.4. The molecule has 0 aliphatic carbocycles. The number of pyridine rings is 1. The van der Waals surface area contributed by atoms with Gasteiger partial charge in [-0.15, -0.1) is 0 Å². The fraction of sp³-hybridized carbons (Fsp3) is 0.143. The van der Waals surface area contributed by atoms with Crippen LogP contribution in [0.4, 0.5) is 10.1 Å². The van der Waals surface area contributed by atoms with E-state index in [1.807, 2.05) is 6.07 Å². The van der Waals surface area contributed by atoms with Crippen LogP contribution >= 0.6 is 0 Å². The molecule has 0 aliphatic rings. The number of hydrogen-bond donors (Lipinski definition) is 1. The topological polar surface area (TPSA) is 62.7 Å². The molecule has 1 aromatic rings. The van der Waals surface area contributed by atoms with Crippen LogP contribution in [-0.2, 0) is 6.42 Å². The zero-order valence-electron chi connectivity index (χ0n) is 5.71. The van der Waals surface area contributed by atoms with Gasteiger partial charge in [0.05, 0.1) is 30.1 Å². The van der Waals surface area contributed by atoms with Crippen LogP contribution in [0.2, 0.25) is 0 Å². The van der Waals surface area contributed by atoms with Crippen molar-refractivity contribution < 1.29 is 4.39 Å². The maximum absolute atomic E-state index is 12.4. The molecule has 3 nitrogen and oxygen atoms in total. The fourth-order valence-corrected chi connectivity index (χ4v) is 0.706. The summed E-state index contributed by atoms with van der Waals surface area (Å²) in [6, 6.07) is 3.03. The third-order valence-electron chi connectivity index (χ3n) is 1.22. The summed E-state index contributed by atoms with van der Waals surface area (Å²) >= 11 is 0. The summed E-state index contributed by atoms with van der Waals surface area (Å²) in [5.74, 6) is -0.482. The summed E-state index contributed by atoms with van der Waals surface area (Å²) in [4.78, 5) is 3.65. The largest absolute Gasteiger partial charge is 0.397 e. The van der Waals surface area contributed by atoms with Crippen molar-refractivity contribution in [3.8, 4) is 6.07 Å². The van der Waals surface area contributed by atoms with E-state index in [4.69, 9.17) is 11.0 Å². The van der Waals surface area contributed by atoms with Crippen LogP contribution in [0.3, 0.4) is 0 Å². The third-order valence-corrected chi connectivity index (χ3v) is 1.22. The first-order valence-corrected chi connectivity index (χ1v) is 3.01. The van der Waals surface area contributed by atoms with Crippen molar-refractivity contribution in [3.63, 3.8) is 0 Å². The molecule has 0 fully saturated rings. The minimum absolute atomic E-state index is 0.117. The first kappa shape index (κ1) is 7.48. The molecule has 2 N–H and O–H groups in total. The van der Waals surface area contributed by atoms with Crippen LogP contribution in [-0.4, -0.2) is 4.98 Å². The predicted molar refractivity (Wildman–Crippen MR) is 37.9 cm³/mol. The highest BCUT2D eigenvalue weighted by Gasteiger charge is 2.00. The average Bonchev–Trinajstić information content (AvgIpc) is 1.95. The van der Waals surface area contributed by atoms with Crippen molar-refractivity contribution in [2.24, 2.45) is 0 Å². The Hall–Kier alpha value is -1.63. The van der Waals surface area contributed by atoms with Crippen LogP contribution in [0.15, 0.2) is 12.3 Å². The van der Waals surface area contributed by atoms with Gasteiger partial charge in [0.2, 0.25) is 0 Å². The number of rotatable bonds is 1. The van der Waals surface area contributed by atoms with Crippen LogP contribution in [0, 0.1) is 17.1 Å². The lowest BCUT2D eigenvalue weighted by Crippen LogP contribution is -1.97. The maximum Gasteiger partial charge on any atom is 0.143 e. The zero-order chi connectivity index (χ0) is 8.27. The van der Waals surface area contributed by atoms with Gasteiger partial charge in [-0.25, -0.2) is 4.39 Å². The number of nitrogens with zero attached hydrogens (tertiary/aromatic N) is 2. The highest BCUT2D eigenvalue weighted by molar-refractivity contribution is 5.43. The number of nitrogen functional groups attached to an aromatic ring is 1. The molecule has 0 amide bonds. The summed E-state index contributed by atoms with van der Waals surface area (Å²) in [5, 5.41) is 8.27. The van der Waals surface area contributed by atoms with Gasteiger partial charge in [0.25, 0.3) is 0 Å². The van der Waals surface area contributed by atoms with E-state index in [-0.39, 0.29) is 12.1 Å². The summed E-state index contributed by atoms with van der Waals surface area (Å²) in [6.45, 7) is 0. The fourth-order valence-electron chi connectivity index (χ4n) is 0.706. The third kappa shape index (κ3) is 1.64. The molecule has 11 heavy (non-hydrogen) atoms.